The van der Waals surface area contributed by atoms with E-state index in [0.29, 0.717) is 44.1 Å². The van der Waals surface area contributed by atoms with Gasteiger partial charge in [-0.25, -0.2) is 19.6 Å². The number of piperazine rings is 1. The van der Waals surface area contributed by atoms with E-state index in [1.165, 1.54) is 18.1 Å². The number of carbonyl (C=O) groups excluding carboxylic acids is 2. The maximum absolute atomic E-state index is 12.2. The van der Waals surface area contributed by atoms with Crippen LogP contribution in [0.1, 0.15) is 33.3 Å². The van der Waals surface area contributed by atoms with Crippen molar-refractivity contribution in [1.29, 1.82) is 0 Å². The van der Waals surface area contributed by atoms with Crippen molar-refractivity contribution >= 4 is 29.6 Å². The molecule has 0 aliphatic carbocycles. The Balaban J connectivity index is 1.66. The average Bonchev–Trinajstić information content (AvgIpc) is 2.66. The second kappa shape index (κ2) is 8.38. The maximum Gasteiger partial charge on any atom is 0.410 e. The molecule has 1 aromatic heterocycles. The molecule has 0 saturated carbocycles. The van der Waals surface area contributed by atoms with Crippen LogP contribution in [0.2, 0.25) is 0 Å². The highest BCUT2D eigenvalue weighted by molar-refractivity contribution is 8.04. The van der Waals surface area contributed by atoms with Gasteiger partial charge in [0.15, 0.2) is 0 Å². The van der Waals surface area contributed by atoms with Crippen molar-refractivity contribution in [3.05, 3.63) is 22.9 Å². The van der Waals surface area contributed by atoms with Crippen LogP contribution in [-0.2, 0) is 20.7 Å². The Kier molecular flexibility index (Phi) is 6.12. The normalized spacial score (nSPS) is 16.9. The zero-order chi connectivity index (χ0) is 20.3. The molecule has 2 aliphatic heterocycles. The number of hydrogen-bond donors (Lipinski definition) is 0. The Labute approximate surface area is 169 Å². The first-order valence-corrected chi connectivity index (χ1v) is 10.2. The number of nitrogens with zero attached hydrogens (tertiary/aromatic N) is 4. The van der Waals surface area contributed by atoms with E-state index in [-0.39, 0.29) is 12.1 Å². The van der Waals surface area contributed by atoms with Crippen molar-refractivity contribution in [2.24, 2.45) is 0 Å². The summed E-state index contributed by atoms with van der Waals surface area (Å²) in [6.07, 6.45) is 3.69. The molecule has 0 aromatic carbocycles. The number of ether oxygens (including phenoxy) is 2. The summed E-state index contributed by atoms with van der Waals surface area (Å²) in [4.78, 5) is 37.5. The van der Waals surface area contributed by atoms with Crippen LogP contribution in [-0.4, -0.2) is 65.3 Å². The van der Waals surface area contributed by atoms with Gasteiger partial charge >= 0.3 is 12.1 Å². The lowest BCUT2D eigenvalue weighted by atomic mass is 10.1. The predicted molar refractivity (Wildman–Crippen MR) is 106 cm³/mol. The Morgan fingerprint density at radius 2 is 1.89 bits per heavy atom. The fourth-order valence-corrected chi connectivity index (χ4v) is 3.94. The number of carbonyl (C=O) groups is 2. The summed E-state index contributed by atoms with van der Waals surface area (Å²) in [7, 11) is 0. The summed E-state index contributed by atoms with van der Waals surface area (Å²) in [6, 6.07) is 0. The monoisotopic (exact) mass is 406 g/mol. The first kappa shape index (κ1) is 20.4. The summed E-state index contributed by atoms with van der Waals surface area (Å²) in [6.45, 7) is 10.2. The molecule has 0 bridgehead atoms. The van der Waals surface area contributed by atoms with Gasteiger partial charge in [-0.15, -0.1) is 0 Å². The first-order chi connectivity index (χ1) is 13.3. The van der Waals surface area contributed by atoms with Crippen molar-refractivity contribution in [3.8, 4) is 0 Å². The molecule has 2 aliphatic rings. The van der Waals surface area contributed by atoms with E-state index in [1.807, 2.05) is 26.8 Å². The molecule has 3 rings (SSSR count). The summed E-state index contributed by atoms with van der Waals surface area (Å²) in [5.41, 5.74) is 0.506. The van der Waals surface area contributed by atoms with E-state index in [0.717, 1.165) is 16.4 Å². The zero-order valence-corrected chi connectivity index (χ0v) is 17.5. The van der Waals surface area contributed by atoms with Crippen LogP contribution in [0.4, 0.5) is 10.6 Å². The number of thioether (sulfide) groups is 1. The van der Waals surface area contributed by atoms with Crippen LogP contribution < -0.4 is 4.90 Å². The Morgan fingerprint density at radius 1 is 1.18 bits per heavy atom. The van der Waals surface area contributed by atoms with Crippen LogP contribution in [0, 0.1) is 0 Å². The van der Waals surface area contributed by atoms with E-state index in [4.69, 9.17) is 9.47 Å². The molecule has 0 radical (unpaired) electrons. The largest absolute Gasteiger partial charge is 0.462 e. The Hall–Kier alpha value is -2.29. The highest BCUT2D eigenvalue weighted by Gasteiger charge is 2.29. The molecule has 1 fully saturated rings. The second-order valence-corrected chi connectivity index (χ2v) is 8.56. The third kappa shape index (κ3) is 4.76. The topological polar surface area (TPSA) is 84.9 Å². The lowest BCUT2D eigenvalue weighted by Crippen LogP contribution is -2.50. The molecule has 0 unspecified atom stereocenters. The van der Waals surface area contributed by atoms with Gasteiger partial charge in [0.05, 0.1) is 11.5 Å². The van der Waals surface area contributed by atoms with Crippen LogP contribution in [0.25, 0.3) is 0 Å². The minimum atomic E-state index is -0.500. The Morgan fingerprint density at radius 3 is 2.54 bits per heavy atom. The molecule has 9 heteroatoms. The standard InChI is InChI=1S/C19H26N4O4S/c1-5-26-17(24)14-7-6-13-15(20-12-21-16(13)28-14)22-8-10-23(11-9-22)18(25)27-19(2,3)4/h7,12H,5-6,8-11H2,1-4H3. The number of aromatic nitrogens is 2. The van der Waals surface area contributed by atoms with Crippen LogP contribution in [0.3, 0.4) is 0 Å². The summed E-state index contributed by atoms with van der Waals surface area (Å²) < 4.78 is 10.5. The molecule has 0 atom stereocenters. The third-order valence-electron chi connectivity index (χ3n) is 4.29. The van der Waals surface area contributed by atoms with Gasteiger partial charge in [-0.2, -0.15) is 0 Å². The third-order valence-corrected chi connectivity index (χ3v) is 5.39. The molecular weight excluding hydrogens is 380 g/mol. The number of amides is 1. The molecule has 28 heavy (non-hydrogen) atoms. The highest BCUT2D eigenvalue weighted by atomic mass is 32.2. The molecule has 1 aromatic rings. The molecule has 3 heterocycles. The van der Waals surface area contributed by atoms with Gasteiger partial charge in [-0.1, -0.05) is 17.8 Å². The first-order valence-electron chi connectivity index (χ1n) is 9.40. The van der Waals surface area contributed by atoms with Crippen molar-refractivity contribution in [1.82, 2.24) is 14.9 Å². The molecule has 1 saturated heterocycles. The molecule has 152 valence electrons. The molecule has 1 amide bonds. The van der Waals surface area contributed by atoms with E-state index >= 15 is 0 Å². The van der Waals surface area contributed by atoms with E-state index in [9.17, 15) is 9.59 Å². The summed E-state index contributed by atoms with van der Waals surface area (Å²) in [5, 5.41) is 0.783. The minimum Gasteiger partial charge on any atom is -0.462 e. The van der Waals surface area contributed by atoms with E-state index in [2.05, 4.69) is 14.9 Å². The van der Waals surface area contributed by atoms with Gasteiger partial charge in [-0.3, -0.25) is 0 Å². The number of fused-ring (bicyclic) bond motifs is 1. The summed E-state index contributed by atoms with van der Waals surface area (Å²) >= 11 is 1.32. The quantitative estimate of drug-likeness (QED) is 0.559. The predicted octanol–water partition coefficient (Wildman–Crippen LogP) is 2.63. The van der Waals surface area contributed by atoms with Gasteiger partial charge in [0, 0.05) is 31.7 Å². The van der Waals surface area contributed by atoms with E-state index < -0.39 is 5.60 Å². The van der Waals surface area contributed by atoms with Crippen molar-refractivity contribution in [3.63, 3.8) is 0 Å². The van der Waals surface area contributed by atoms with E-state index in [1.54, 1.807) is 11.8 Å². The van der Waals surface area contributed by atoms with Crippen LogP contribution in [0.5, 0.6) is 0 Å². The zero-order valence-electron chi connectivity index (χ0n) is 16.7. The van der Waals surface area contributed by atoms with Gasteiger partial charge in [0.25, 0.3) is 0 Å². The number of rotatable bonds is 3. The molecule has 0 spiro atoms. The smallest absolute Gasteiger partial charge is 0.410 e. The van der Waals surface area contributed by atoms with Crippen molar-refractivity contribution in [2.45, 2.75) is 44.7 Å². The molecule has 0 N–H and O–H groups in total. The SMILES string of the molecule is CCOC(=O)C1=CCc2c(ncnc2N2CCN(C(=O)OC(C)(C)C)CC2)S1. The lowest BCUT2D eigenvalue weighted by Gasteiger charge is -2.37. The molecular formula is C19H26N4O4S. The van der Waals surface area contributed by atoms with Crippen LogP contribution in [0.15, 0.2) is 22.3 Å². The minimum absolute atomic E-state index is 0.283. The Bertz CT molecular complexity index is 783. The summed E-state index contributed by atoms with van der Waals surface area (Å²) in [5.74, 6) is 0.546. The van der Waals surface area contributed by atoms with Crippen molar-refractivity contribution in [2.75, 3.05) is 37.7 Å². The fraction of sp³-hybridized carbons (Fsp3) is 0.579. The molecule has 8 nitrogen and oxygen atoms in total. The van der Waals surface area contributed by atoms with Gasteiger partial charge < -0.3 is 19.3 Å². The number of esters is 1. The maximum atomic E-state index is 12.2. The fourth-order valence-electron chi connectivity index (χ4n) is 3.02. The van der Waals surface area contributed by atoms with Gasteiger partial charge in [0.2, 0.25) is 0 Å². The second-order valence-electron chi connectivity index (χ2n) is 7.53. The highest BCUT2D eigenvalue weighted by Crippen LogP contribution is 2.37. The lowest BCUT2D eigenvalue weighted by molar-refractivity contribution is -0.137. The van der Waals surface area contributed by atoms with Crippen LogP contribution >= 0.6 is 11.8 Å². The average molecular weight is 407 g/mol. The number of anilines is 1. The van der Waals surface area contributed by atoms with Gasteiger partial charge in [-0.05, 0) is 34.1 Å². The number of hydrogen-bond acceptors (Lipinski definition) is 8. The van der Waals surface area contributed by atoms with Crippen molar-refractivity contribution < 1.29 is 19.1 Å². The number of allylic oxidation sites excluding steroid dienone is 1. The van der Waals surface area contributed by atoms with Gasteiger partial charge in [0.1, 0.15) is 22.8 Å².